The van der Waals surface area contributed by atoms with Gasteiger partial charge in [0.1, 0.15) is 125 Å². The second-order valence-corrected chi connectivity index (χ2v) is 31.4. The van der Waals surface area contributed by atoms with Crippen molar-refractivity contribution >= 4 is 76.5 Å². The molecule has 0 spiro atoms. The number of benzene rings is 7. The summed E-state index contributed by atoms with van der Waals surface area (Å²) >= 11 is 14.2. The summed E-state index contributed by atoms with van der Waals surface area (Å²) in [5.74, 6) is -19.0. The highest BCUT2D eigenvalue weighted by Gasteiger charge is 2.52. The van der Waals surface area contributed by atoms with E-state index in [1.165, 1.54) is 49.5 Å². The van der Waals surface area contributed by atoms with E-state index in [0.717, 1.165) is 105 Å². The number of hydrogen-bond donors (Lipinski definition) is 21. The molecule has 18 unspecified atom stereocenters. The Morgan fingerprint density at radius 2 is 1.17 bits per heavy atom. The van der Waals surface area contributed by atoms with E-state index >= 15 is 24.0 Å². The zero-order valence-corrected chi connectivity index (χ0v) is 66.6. The van der Waals surface area contributed by atoms with Crippen LogP contribution in [0.4, 0.5) is 0 Å². The number of phenols is 4. The van der Waals surface area contributed by atoms with Crippen molar-refractivity contribution in [2.24, 2.45) is 5.92 Å². The molecule has 2 fully saturated rings. The molecule has 0 saturated carbocycles. The van der Waals surface area contributed by atoms with Crippen molar-refractivity contribution in [3.05, 3.63) is 164 Å². The smallest absolute Gasteiger partial charge is 0.335 e. The minimum Gasteiger partial charge on any atom is -0.508 e. The number of phenolic OH excluding ortho intramolecular Hbond substituents is 4. The Balaban J connectivity index is 1.04. The molecule has 0 aliphatic carbocycles. The minimum atomic E-state index is -2.47. The van der Waals surface area contributed by atoms with Gasteiger partial charge in [0.15, 0.2) is 35.1 Å². The van der Waals surface area contributed by atoms with Crippen LogP contribution in [0.1, 0.15) is 140 Å². The first-order valence-corrected chi connectivity index (χ1v) is 39.7. The van der Waals surface area contributed by atoms with Gasteiger partial charge < -0.3 is 142 Å². The predicted molar refractivity (Wildman–Crippen MR) is 424 cm³/mol. The van der Waals surface area contributed by atoms with Gasteiger partial charge in [0.25, 0.3) is 0 Å². The highest BCUT2D eigenvalue weighted by molar-refractivity contribution is 6.33. The van der Waals surface area contributed by atoms with Crippen molar-refractivity contribution in [2.75, 3.05) is 13.7 Å². The topological polar surface area (TPSA) is 577 Å². The molecule has 122 heavy (non-hydrogen) atoms. The van der Waals surface area contributed by atoms with Crippen molar-refractivity contribution in [3.63, 3.8) is 0 Å². The number of aliphatic hydroxyl groups is 7. The Hall–Kier alpha value is -11.9. The Bertz CT molecular complexity index is 5200. The number of carbonyl (C=O) groups excluding carboxylic acids is 7. The molecule has 39 heteroatoms. The van der Waals surface area contributed by atoms with Crippen LogP contribution in [0.15, 0.2) is 115 Å². The van der Waals surface area contributed by atoms with Crippen LogP contribution in [0, 0.1) is 5.92 Å². The van der Waals surface area contributed by atoms with E-state index in [-0.39, 0.29) is 40.4 Å². The third kappa shape index (κ3) is 18.9. The Morgan fingerprint density at radius 3 is 1.86 bits per heavy atom. The van der Waals surface area contributed by atoms with Gasteiger partial charge in [0.2, 0.25) is 59.7 Å². The molecular weight excluding hydrogens is 1640 g/mol. The average Bonchev–Trinajstić information content (AvgIpc) is 0.760. The summed E-state index contributed by atoms with van der Waals surface area (Å²) in [5.41, 5.74) is -3.29. The molecule has 0 aromatic heterocycles. The molecule has 2 saturated heterocycles. The van der Waals surface area contributed by atoms with Crippen molar-refractivity contribution in [3.8, 4) is 80.1 Å². The average molecular weight is 1730 g/mol. The van der Waals surface area contributed by atoms with Crippen LogP contribution >= 0.6 is 23.2 Å². The van der Waals surface area contributed by atoms with Gasteiger partial charge in [-0.25, -0.2) is 9.59 Å². The summed E-state index contributed by atoms with van der Waals surface area (Å²) in [6.07, 6.45) is -16.3. The summed E-state index contributed by atoms with van der Waals surface area (Å²) < 4.78 is 44.0. The second-order valence-electron chi connectivity index (χ2n) is 30.6. The third-order valence-corrected chi connectivity index (χ3v) is 22.3. The van der Waals surface area contributed by atoms with Gasteiger partial charge in [-0.1, -0.05) is 106 Å². The lowest BCUT2D eigenvalue weighted by Gasteiger charge is -2.41. The zero-order valence-electron chi connectivity index (χ0n) is 65.1. The van der Waals surface area contributed by atoms with Gasteiger partial charge >= 0.3 is 11.9 Å². The third-order valence-electron chi connectivity index (χ3n) is 21.6. The molecule has 8 aliphatic heterocycles. The molecule has 648 valence electrons. The lowest BCUT2D eigenvalue weighted by molar-refractivity contribution is -0.277. The van der Waals surface area contributed by atoms with Crippen molar-refractivity contribution in [1.29, 1.82) is 0 Å². The minimum absolute atomic E-state index is 0.153. The van der Waals surface area contributed by atoms with Gasteiger partial charge in [-0.05, 0) is 120 Å². The highest BCUT2D eigenvalue weighted by atomic mass is 35.5. The maximum absolute atomic E-state index is 16.7. The monoisotopic (exact) mass is 1730 g/mol. The number of carboxylic acid groups (broad SMARTS) is 2. The fraction of sp³-hybridized carbons (Fsp3) is 0.386. The van der Waals surface area contributed by atoms with E-state index in [0.29, 0.717) is 18.8 Å². The molecule has 17 bridgehead atoms. The van der Waals surface area contributed by atoms with Crippen LogP contribution in [0.2, 0.25) is 10.0 Å². The fourth-order valence-electron chi connectivity index (χ4n) is 15.2. The number of carbonyl (C=O) groups is 9. The summed E-state index contributed by atoms with van der Waals surface area (Å²) in [4.78, 5) is 136. The van der Waals surface area contributed by atoms with E-state index < -0.39 is 271 Å². The SMILES string of the molecule is CNC1C(=O)NC2Cc3ccc(cc3)Oc3cc4cc(c3OC3OC(C(=O)O)C(O)C(O)C3NC(=O)CCCCCCCCC(C)C)Oc3ccc(cc3Cl)C(O)C3NC(=O)C(NC(=O)C4NC(=O)C(NC2=O)c2cc(cc(O)c2Cl)Oc2cc1ccc2O)c1ccc(O)c(c1)-c1c(OC2OC(CO)C(O)C(O)C2O)cc(O)cc1C(C(=O)O)NC3=O. The van der Waals surface area contributed by atoms with Crippen LogP contribution in [0.25, 0.3) is 11.1 Å². The van der Waals surface area contributed by atoms with E-state index in [1.807, 2.05) is 0 Å². The van der Waals surface area contributed by atoms with Crippen molar-refractivity contribution in [1.82, 2.24) is 42.5 Å². The van der Waals surface area contributed by atoms with Gasteiger partial charge in [0.05, 0.1) is 16.7 Å². The van der Waals surface area contributed by atoms with E-state index in [1.54, 1.807) is 0 Å². The van der Waals surface area contributed by atoms with Gasteiger partial charge in [0, 0.05) is 47.2 Å². The highest BCUT2D eigenvalue weighted by Crippen LogP contribution is 2.50. The molecule has 21 N–H and O–H groups in total. The quantitative estimate of drug-likeness (QED) is 0.0536. The molecule has 15 rings (SSSR count). The van der Waals surface area contributed by atoms with Crippen LogP contribution < -0.4 is 66.2 Å². The molecule has 7 aromatic rings. The lowest BCUT2D eigenvalue weighted by atomic mass is 9.89. The molecule has 7 aromatic carbocycles. The molecule has 0 radical (unpaired) electrons. The summed E-state index contributed by atoms with van der Waals surface area (Å²) in [5, 5.41) is 167. The number of carboxylic acids is 2. The fourth-order valence-corrected chi connectivity index (χ4v) is 15.6. The van der Waals surface area contributed by atoms with Crippen LogP contribution in [0.3, 0.4) is 0 Å². The molecule has 37 nitrogen and oxygen atoms in total. The number of fused-ring (bicyclic) bond motifs is 14. The normalized spacial score (nSPS) is 26.5. The molecule has 7 amide bonds. The number of unbranched alkanes of at least 4 members (excludes halogenated alkanes) is 5. The van der Waals surface area contributed by atoms with Crippen LogP contribution in [-0.2, 0) is 59.0 Å². The van der Waals surface area contributed by atoms with Crippen LogP contribution in [-0.4, -0.2) is 207 Å². The number of aliphatic hydroxyl groups excluding tert-OH is 7. The Kier molecular flexibility index (Phi) is 26.8. The number of amides is 7. The largest absolute Gasteiger partial charge is 0.508 e. The maximum Gasteiger partial charge on any atom is 0.335 e. The van der Waals surface area contributed by atoms with E-state index in [4.69, 9.17) is 56.4 Å². The number of aromatic hydroxyl groups is 4. The molecule has 8 aliphatic rings. The van der Waals surface area contributed by atoms with Gasteiger partial charge in [-0.3, -0.25) is 33.6 Å². The first-order valence-electron chi connectivity index (χ1n) is 38.9. The molecule has 18 atom stereocenters. The number of likely N-dealkylation sites (N-methyl/N-ethyl adjacent to an activating group) is 1. The number of nitrogens with one attached hydrogen (secondary N) is 8. The van der Waals surface area contributed by atoms with Crippen LogP contribution in [0.5, 0.6) is 69.0 Å². The van der Waals surface area contributed by atoms with Gasteiger partial charge in [-0.15, -0.1) is 0 Å². The Morgan fingerprint density at radius 1 is 0.533 bits per heavy atom. The first kappa shape index (κ1) is 88.0. The second kappa shape index (κ2) is 37.2. The number of halogens is 2. The predicted octanol–water partition coefficient (Wildman–Crippen LogP) is 4.18. The Labute approximate surface area is 703 Å². The van der Waals surface area contributed by atoms with Crippen molar-refractivity contribution < 1.29 is 143 Å². The number of aliphatic carboxylic acids is 2. The summed E-state index contributed by atoms with van der Waals surface area (Å²) in [6, 6.07) is 4.41. The number of rotatable bonds is 18. The summed E-state index contributed by atoms with van der Waals surface area (Å²) in [7, 11) is 1.42. The maximum atomic E-state index is 16.7. The number of ether oxygens (including phenoxy) is 7. The lowest BCUT2D eigenvalue weighted by Crippen LogP contribution is -2.66. The van der Waals surface area contributed by atoms with Gasteiger partial charge in [-0.2, -0.15) is 0 Å². The van der Waals surface area contributed by atoms with E-state index in [9.17, 15) is 85.6 Å². The first-order chi connectivity index (χ1) is 58.2. The molecular formula is C83H88Cl2N8O29. The standard InChI is InChI=1S/C83H88Cl2N8O29/c1-33(2)10-8-6-4-5-7-9-11-56(99)88-65-68(102)70(104)73(81(114)115)122-82(65)121-72-53-26-38-27-54(72)118-50-21-16-37(24-45(50)84)66(100)64-79(111)92-63(80(112)113)43-28-39(95)29-52(119-83-71(105)69(103)67(101)55(32-94)120-83)57(43)42-23-35(14-19-47(42)96)60(76(108)93-64)89-77(109)61(38)90-78(110)62-44-30-41(31-49(98)58(44)85)117-51-25-36(15-20-48(51)97)59(86-3)75(107)87-46(74(106)91-62)22-34-12-17-40(116-53)18-13-34/h12-21,23-31,33,46,55,59-71,73,82-83,86,94-98,100-105H,4-11,22,32H2,1-3H3,(H,87,107)(H,88,99)(H,89,109)(H,90,110)(H,91,106)(H,92,111)(H,93,108)(H,112,113)(H,114,115). The van der Waals surface area contributed by atoms with E-state index in [2.05, 4.69) is 56.4 Å². The summed E-state index contributed by atoms with van der Waals surface area (Å²) in [6.45, 7) is 3.26. The zero-order chi connectivity index (χ0) is 87.6. The number of hydrogen-bond acceptors (Lipinski definition) is 28. The van der Waals surface area contributed by atoms with Crippen molar-refractivity contribution in [2.45, 2.75) is 181 Å². The molecule has 8 heterocycles.